The molecule has 0 atom stereocenters. The van der Waals surface area contributed by atoms with Crippen molar-refractivity contribution in [3.63, 3.8) is 0 Å². The maximum Gasteiger partial charge on any atom is 0.311 e. The Morgan fingerprint density at radius 3 is 2.50 bits per heavy atom. The van der Waals surface area contributed by atoms with Gasteiger partial charge in [-0.15, -0.1) is 0 Å². The molecule has 0 bridgehead atoms. The van der Waals surface area contributed by atoms with Gasteiger partial charge in [0.05, 0.1) is 18.7 Å². The highest BCUT2D eigenvalue weighted by Crippen LogP contribution is 2.27. The zero-order valence-corrected chi connectivity index (χ0v) is 13.5. The second-order valence-corrected chi connectivity index (χ2v) is 5.13. The van der Waals surface area contributed by atoms with Crippen molar-refractivity contribution < 1.29 is 14.3 Å². The van der Waals surface area contributed by atoms with Crippen LogP contribution in [0.4, 0.5) is 0 Å². The highest BCUT2D eigenvalue weighted by atomic mass is 16.6. The number of carbonyl (C=O) groups excluding carboxylic acids is 1. The highest BCUT2D eigenvalue weighted by molar-refractivity contribution is 5.73. The van der Waals surface area contributed by atoms with E-state index in [9.17, 15) is 4.79 Å². The van der Waals surface area contributed by atoms with Gasteiger partial charge >= 0.3 is 5.97 Å². The van der Waals surface area contributed by atoms with E-state index in [1.165, 1.54) is 0 Å². The van der Waals surface area contributed by atoms with Gasteiger partial charge in [-0.25, -0.2) is 0 Å². The fourth-order valence-corrected chi connectivity index (χ4v) is 2.39. The predicted molar refractivity (Wildman–Crippen MR) is 84.2 cm³/mol. The second-order valence-electron chi connectivity index (χ2n) is 5.13. The molecule has 5 nitrogen and oxygen atoms in total. The van der Waals surface area contributed by atoms with Crippen LogP contribution in [0, 0.1) is 13.8 Å². The second kappa shape index (κ2) is 7.11. The summed E-state index contributed by atoms with van der Waals surface area (Å²) in [5.74, 6) is 0.788. The first kappa shape index (κ1) is 16.1. The maximum absolute atomic E-state index is 12.1. The molecule has 0 fully saturated rings. The van der Waals surface area contributed by atoms with Gasteiger partial charge in [0.2, 0.25) is 0 Å². The molecule has 0 saturated carbocycles. The van der Waals surface area contributed by atoms with Crippen molar-refractivity contribution in [2.75, 3.05) is 6.61 Å². The molecule has 1 aromatic heterocycles. The number of aryl methyl sites for hydroxylation is 2. The van der Waals surface area contributed by atoms with Gasteiger partial charge in [0, 0.05) is 12.7 Å². The summed E-state index contributed by atoms with van der Waals surface area (Å²) in [5, 5.41) is 4.36. The monoisotopic (exact) mass is 302 g/mol. The molecule has 1 heterocycles. The van der Waals surface area contributed by atoms with Gasteiger partial charge in [0.15, 0.2) is 11.5 Å². The Bertz CT molecular complexity index is 662. The lowest BCUT2D eigenvalue weighted by atomic mass is 10.1. The summed E-state index contributed by atoms with van der Waals surface area (Å²) < 4.78 is 12.7. The van der Waals surface area contributed by atoms with Crippen LogP contribution < -0.4 is 9.47 Å². The molecule has 22 heavy (non-hydrogen) atoms. The number of esters is 1. The van der Waals surface area contributed by atoms with Crippen LogP contribution in [0.3, 0.4) is 0 Å². The molecule has 0 spiro atoms. The first-order valence-corrected chi connectivity index (χ1v) is 7.44. The van der Waals surface area contributed by atoms with Crippen LogP contribution in [-0.2, 0) is 18.3 Å². The fraction of sp³-hybridized carbons (Fsp3) is 0.412. The van der Waals surface area contributed by atoms with E-state index in [1.54, 1.807) is 12.1 Å². The normalized spacial score (nSPS) is 10.5. The molecule has 0 aliphatic rings. The topological polar surface area (TPSA) is 53.4 Å². The third-order valence-corrected chi connectivity index (χ3v) is 3.61. The van der Waals surface area contributed by atoms with Crippen molar-refractivity contribution >= 4 is 5.97 Å². The molecular formula is C17H22N2O3. The third kappa shape index (κ3) is 3.67. The lowest BCUT2D eigenvalue weighted by Gasteiger charge is -2.10. The lowest BCUT2D eigenvalue weighted by Crippen LogP contribution is -2.10. The Kier molecular flexibility index (Phi) is 5.20. The van der Waals surface area contributed by atoms with Crippen molar-refractivity contribution in [1.82, 2.24) is 9.78 Å². The molecule has 0 N–H and O–H groups in total. The number of nitrogens with zero attached hydrogens (tertiary/aromatic N) is 2. The Balaban J connectivity index is 1.99. The van der Waals surface area contributed by atoms with E-state index in [2.05, 4.69) is 5.10 Å². The number of rotatable bonds is 6. The largest absolute Gasteiger partial charge is 0.490 e. The quantitative estimate of drug-likeness (QED) is 0.608. The van der Waals surface area contributed by atoms with Crippen LogP contribution in [0.25, 0.3) is 0 Å². The molecule has 0 aliphatic heterocycles. The number of hydrogen-bond acceptors (Lipinski definition) is 4. The smallest absolute Gasteiger partial charge is 0.311 e. The number of hydrogen-bond donors (Lipinski definition) is 0. The molecule has 2 rings (SSSR count). The van der Waals surface area contributed by atoms with Crippen LogP contribution in [0.15, 0.2) is 24.3 Å². The lowest BCUT2D eigenvalue weighted by molar-refractivity contribution is -0.134. The van der Waals surface area contributed by atoms with Crippen LogP contribution in [0.1, 0.15) is 30.3 Å². The van der Waals surface area contributed by atoms with Crippen LogP contribution in [-0.4, -0.2) is 22.4 Å². The number of para-hydroxylation sites is 2. The van der Waals surface area contributed by atoms with E-state index in [1.807, 2.05) is 44.6 Å². The molecule has 0 unspecified atom stereocenters. The van der Waals surface area contributed by atoms with Gasteiger partial charge in [0.25, 0.3) is 0 Å². The molecule has 0 saturated heterocycles. The molecule has 1 aromatic carbocycles. The molecular weight excluding hydrogens is 280 g/mol. The van der Waals surface area contributed by atoms with E-state index in [4.69, 9.17) is 9.47 Å². The van der Waals surface area contributed by atoms with Crippen molar-refractivity contribution in [3.8, 4) is 11.5 Å². The molecule has 118 valence electrons. The SMILES string of the molecule is CCOc1ccccc1OC(=O)CCc1c(C)nn(C)c1C. The average Bonchev–Trinajstić information content (AvgIpc) is 2.72. The van der Waals surface area contributed by atoms with Crippen LogP contribution in [0.5, 0.6) is 11.5 Å². The van der Waals surface area contributed by atoms with Crippen molar-refractivity contribution in [3.05, 3.63) is 41.2 Å². The Morgan fingerprint density at radius 2 is 1.91 bits per heavy atom. The Morgan fingerprint density at radius 1 is 1.23 bits per heavy atom. The van der Waals surface area contributed by atoms with Crippen molar-refractivity contribution in [1.29, 1.82) is 0 Å². The van der Waals surface area contributed by atoms with E-state index in [-0.39, 0.29) is 5.97 Å². The average molecular weight is 302 g/mol. The summed E-state index contributed by atoms with van der Waals surface area (Å²) in [4.78, 5) is 12.1. The van der Waals surface area contributed by atoms with Gasteiger partial charge < -0.3 is 9.47 Å². The first-order chi connectivity index (χ1) is 10.5. The number of carbonyl (C=O) groups is 1. The molecule has 0 aliphatic carbocycles. The molecule has 5 heteroatoms. The van der Waals surface area contributed by atoms with Gasteiger partial charge in [-0.3, -0.25) is 9.48 Å². The summed E-state index contributed by atoms with van der Waals surface area (Å²) >= 11 is 0. The minimum Gasteiger partial charge on any atom is -0.490 e. The minimum atomic E-state index is -0.269. The summed E-state index contributed by atoms with van der Waals surface area (Å²) in [7, 11) is 1.91. The Labute approximate surface area is 130 Å². The maximum atomic E-state index is 12.1. The van der Waals surface area contributed by atoms with Gasteiger partial charge in [-0.1, -0.05) is 12.1 Å². The van der Waals surface area contributed by atoms with Gasteiger partial charge in [-0.05, 0) is 44.9 Å². The zero-order valence-electron chi connectivity index (χ0n) is 13.5. The molecule has 0 radical (unpaired) electrons. The highest BCUT2D eigenvalue weighted by Gasteiger charge is 2.14. The van der Waals surface area contributed by atoms with E-state index < -0.39 is 0 Å². The van der Waals surface area contributed by atoms with E-state index in [0.717, 1.165) is 17.0 Å². The first-order valence-electron chi connectivity index (χ1n) is 7.44. The summed E-state index contributed by atoms with van der Waals surface area (Å²) in [6.45, 7) is 6.39. The Hall–Kier alpha value is -2.30. The van der Waals surface area contributed by atoms with Gasteiger partial charge in [0.1, 0.15) is 0 Å². The van der Waals surface area contributed by atoms with Crippen LogP contribution >= 0.6 is 0 Å². The zero-order chi connectivity index (χ0) is 16.1. The van der Waals surface area contributed by atoms with Gasteiger partial charge in [-0.2, -0.15) is 5.10 Å². The minimum absolute atomic E-state index is 0.269. The predicted octanol–water partition coefficient (Wildman–Crippen LogP) is 2.97. The number of benzene rings is 1. The van der Waals surface area contributed by atoms with Crippen molar-refractivity contribution in [2.24, 2.45) is 7.05 Å². The summed E-state index contributed by atoms with van der Waals surface area (Å²) in [5.41, 5.74) is 3.15. The van der Waals surface area contributed by atoms with E-state index in [0.29, 0.717) is 30.9 Å². The van der Waals surface area contributed by atoms with E-state index >= 15 is 0 Å². The summed E-state index contributed by atoms with van der Waals surface area (Å²) in [6.07, 6.45) is 0.939. The summed E-state index contributed by atoms with van der Waals surface area (Å²) in [6, 6.07) is 7.20. The number of aromatic nitrogens is 2. The molecule has 0 amide bonds. The fourth-order valence-electron chi connectivity index (χ4n) is 2.39. The third-order valence-electron chi connectivity index (χ3n) is 3.61. The standard InChI is InChI=1S/C17H22N2O3/c1-5-21-15-8-6-7-9-16(15)22-17(20)11-10-14-12(2)18-19(4)13(14)3/h6-9H,5,10-11H2,1-4H3. The number of ether oxygens (including phenoxy) is 2. The van der Waals surface area contributed by atoms with Crippen LogP contribution in [0.2, 0.25) is 0 Å². The molecule has 2 aromatic rings. The van der Waals surface area contributed by atoms with Crippen molar-refractivity contribution in [2.45, 2.75) is 33.6 Å².